The molecule has 1 heterocycles. The number of nitrogens with one attached hydrogen (secondary N) is 1. The van der Waals surface area contributed by atoms with Crippen molar-refractivity contribution in [1.82, 2.24) is 5.32 Å². The summed E-state index contributed by atoms with van der Waals surface area (Å²) in [4.78, 5) is 11.3. The van der Waals surface area contributed by atoms with Gasteiger partial charge in [-0.3, -0.25) is 4.79 Å². The van der Waals surface area contributed by atoms with Crippen LogP contribution in [0, 0.1) is 0 Å². The van der Waals surface area contributed by atoms with E-state index in [1.165, 1.54) is 0 Å². The Bertz CT molecular complexity index is 227. The van der Waals surface area contributed by atoms with E-state index in [-0.39, 0.29) is 18.1 Å². The van der Waals surface area contributed by atoms with E-state index in [2.05, 4.69) is 12.2 Å². The van der Waals surface area contributed by atoms with Crippen molar-refractivity contribution < 1.29 is 19.0 Å². The molecule has 1 aliphatic rings. The van der Waals surface area contributed by atoms with E-state index in [1.807, 2.05) is 0 Å². The Morgan fingerprint density at radius 2 is 2.35 bits per heavy atom. The van der Waals surface area contributed by atoms with Gasteiger partial charge in [0.05, 0.1) is 19.8 Å². The maximum atomic E-state index is 11.3. The molecule has 17 heavy (non-hydrogen) atoms. The van der Waals surface area contributed by atoms with Crippen molar-refractivity contribution >= 4 is 5.97 Å². The van der Waals surface area contributed by atoms with Crippen LogP contribution in [0.4, 0.5) is 0 Å². The first-order valence-electron chi connectivity index (χ1n) is 6.22. The van der Waals surface area contributed by atoms with E-state index in [1.54, 1.807) is 7.11 Å². The molecule has 5 heteroatoms. The topological polar surface area (TPSA) is 56.8 Å². The zero-order valence-corrected chi connectivity index (χ0v) is 10.8. The number of rotatable bonds is 8. The van der Waals surface area contributed by atoms with Crippen LogP contribution in [0.2, 0.25) is 0 Å². The van der Waals surface area contributed by atoms with Crippen LogP contribution >= 0.6 is 0 Å². The highest BCUT2D eigenvalue weighted by Crippen LogP contribution is 2.21. The number of hydrogen-bond acceptors (Lipinski definition) is 5. The maximum absolute atomic E-state index is 11.3. The van der Waals surface area contributed by atoms with Crippen LogP contribution in [0.25, 0.3) is 0 Å². The second-order valence-corrected chi connectivity index (χ2v) is 4.37. The Morgan fingerprint density at radius 3 is 2.94 bits per heavy atom. The summed E-state index contributed by atoms with van der Waals surface area (Å²) in [7, 11) is 1.68. The SMILES string of the molecule is CCCCOC(=O)CNCC1(OC)CCOC1. The second kappa shape index (κ2) is 7.63. The van der Waals surface area contributed by atoms with E-state index in [0.717, 1.165) is 25.9 Å². The number of ether oxygens (including phenoxy) is 3. The summed E-state index contributed by atoms with van der Waals surface area (Å²) in [5, 5.41) is 3.07. The molecule has 5 nitrogen and oxygen atoms in total. The van der Waals surface area contributed by atoms with Crippen LogP contribution in [0.3, 0.4) is 0 Å². The zero-order valence-electron chi connectivity index (χ0n) is 10.8. The molecule has 1 atom stereocenters. The van der Waals surface area contributed by atoms with Gasteiger partial charge in [0.15, 0.2) is 0 Å². The summed E-state index contributed by atoms with van der Waals surface area (Å²) in [6, 6.07) is 0. The highest BCUT2D eigenvalue weighted by Gasteiger charge is 2.34. The summed E-state index contributed by atoms with van der Waals surface area (Å²) in [6.45, 7) is 4.73. The molecule has 0 bridgehead atoms. The fourth-order valence-corrected chi connectivity index (χ4v) is 1.73. The van der Waals surface area contributed by atoms with E-state index >= 15 is 0 Å². The summed E-state index contributed by atoms with van der Waals surface area (Å²) in [5.74, 6) is -0.205. The predicted octanol–water partition coefficient (Wildman–Crippen LogP) is 0.725. The number of carbonyl (C=O) groups is 1. The quantitative estimate of drug-likeness (QED) is 0.504. The number of carbonyl (C=O) groups excluding carboxylic acids is 1. The Labute approximate surface area is 103 Å². The minimum atomic E-state index is -0.274. The van der Waals surface area contributed by atoms with Gasteiger partial charge in [-0.15, -0.1) is 0 Å². The molecule has 0 aromatic carbocycles. The molecule has 1 fully saturated rings. The number of methoxy groups -OCH3 is 1. The molecule has 1 rings (SSSR count). The fourth-order valence-electron chi connectivity index (χ4n) is 1.73. The van der Waals surface area contributed by atoms with Crippen LogP contribution in [-0.2, 0) is 19.0 Å². The number of esters is 1. The highest BCUT2D eigenvalue weighted by molar-refractivity contribution is 5.71. The lowest BCUT2D eigenvalue weighted by atomic mass is 10.0. The third kappa shape index (κ3) is 5.02. The van der Waals surface area contributed by atoms with Crippen molar-refractivity contribution in [2.24, 2.45) is 0 Å². The van der Waals surface area contributed by atoms with Crippen LogP contribution in [0.15, 0.2) is 0 Å². The summed E-state index contributed by atoms with van der Waals surface area (Å²) >= 11 is 0. The first-order valence-corrected chi connectivity index (χ1v) is 6.22. The zero-order chi connectivity index (χ0) is 12.6. The van der Waals surface area contributed by atoms with Crippen molar-refractivity contribution in [1.29, 1.82) is 0 Å². The average molecular weight is 245 g/mol. The van der Waals surface area contributed by atoms with Gasteiger partial charge in [-0.25, -0.2) is 0 Å². The van der Waals surface area contributed by atoms with Gasteiger partial charge in [0, 0.05) is 26.7 Å². The number of unbranched alkanes of at least 4 members (excludes halogenated alkanes) is 1. The molecule has 1 N–H and O–H groups in total. The summed E-state index contributed by atoms with van der Waals surface area (Å²) in [6.07, 6.45) is 2.81. The van der Waals surface area contributed by atoms with Gasteiger partial charge in [0.1, 0.15) is 5.60 Å². The monoisotopic (exact) mass is 245 g/mol. The Balaban J connectivity index is 2.11. The fraction of sp³-hybridized carbons (Fsp3) is 0.917. The first-order chi connectivity index (χ1) is 8.22. The molecule has 0 aromatic rings. The normalized spacial score (nSPS) is 23.9. The van der Waals surface area contributed by atoms with Crippen molar-refractivity contribution in [3.8, 4) is 0 Å². The third-order valence-corrected chi connectivity index (χ3v) is 2.98. The van der Waals surface area contributed by atoms with E-state index in [9.17, 15) is 4.79 Å². The standard InChI is InChI=1S/C12H23NO4/c1-3-4-6-17-11(14)8-13-9-12(15-2)5-7-16-10-12/h13H,3-10H2,1-2H3. The third-order valence-electron chi connectivity index (χ3n) is 2.98. The molecule has 0 spiro atoms. The lowest BCUT2D eigenvalue weighted by Gasteiger charge is -2.25. The molecule has 0 radical (unpaired) electrons. The predicted molar refractivity (Wildman–Crippen MR) is 63.9 cm³/mol. The van der Waals surface area contributed by atoms with Gasteiger partial charge < -0.3 is 19.5 Å². The van der Waals surface area contributed by atoms with E-state index in [4.69, 9.17) is 14.2 Å². The van der Waals surface area contributed by atoms with Gasteiger partial charge in [-0.1, -0.05) is 13.3 Å². The molecule has 1 unspecified atom stereocenters. The van der Waals surface area contributed by atoms with Crippen molar-refractivity contribution in [2.45, 2.75) is 31.8 Å². The molecule has 1 saturated heterocycles. The smallest absolute Gasteiger partial charge is 0.319 e. The first kappa shape index (κ1) is 14.4. The lowest BCUT2D eigenvalue weighted by Crippen LogP contribution is -2.44. The van der Waals surface area contributed by atoms with Gasteiger partial charge in [0.25, 0.3) is 0 Å². The molecular formula is C12H23NO4. The molecule has 100 valence electrons. The minimum Gasteiger partial charge on any atom is -0.465 e. The Kier molecular flexibility index (Phi) is 6.47. The molecule has 0 amide bonds. The number of hydrogen-bond donors (Lipinski definition) is 1. The Hall–Kier alpha value is -0.650. The van der Waals surface area contributed by atoms with Gasteiger partial charge >= 0.3 is 5.97 Å². The molecular weight excluding hydrogens is 222 g/mol. The molecule has 1 aliphatic heterocycles. The summed E-state index contributed by atoms with van der Waals surface area (Å²) in [5.41, 5.74) is -0.274. The maximum Gasteiger partial charge on any atom is 0.319 e. The van der Waals surface area contributed by atoms with Crippen molar-refractivity contribution in [3.63, 3.8) is 0 Å². The second-order valence-electron chi connectivity index (χ2n) is 4.37. The van der Waals surface area contributed by atoms with Gasteiger partial charge in [-0.2, -0.15) is 0 Å². The van der Waals surface area contributed by atoms with Crippen LogP contribution in [0.5, 0.6) is 0 Å². The van der Waals surface area contributed by atoms with Crippen molar-refractivity contribution in [3.05, 3.63) is 0 Å². The van der Waals surface area contributed by atoms with Gasteiger partial charge in [0.2, 0.25) is 0 Å². The lowest BCUT2D eigenvalue weighted by molar-refractivity contribution is -0.142. The van der Waals surface area contributed by atoms with Crippen LogP contribution < -0.4 is 5.32 Å². The molecule has 0 saturated carbocycles. The highest BCUT2D eigenvalue weighted by atomic mass is 16.6. The van der Waals surface area contributed by atoms with E-state index < -0.39 is 0 Å². The van der Waals surface area contributed by atoms with Gasteiger partial charge in [-0.05, 0) is 6.42 Å². The summed E-state index contributed by atoms with van der Waals surface area (Å²) < 4.78 is 15.8. The Morgan fingerprint density at radius 1 is 1.53 bits per heavy atom. The minimum absolute atomic E-state index is 0.205. The largest absolute Gasteiger partial charge is 0.465 e. The molecule has 0 aliphatic carbocycles. The van der Waals surface area contributed by atoms with E-state index in [0.29, 0.717) is 19.8 Å². The van der Waals surface area contributed by atoms with Crippen LogP contribution in [-0.4, -0.2) is 51.6 Å². The average Bonchev–Trinajstić information content (AvgIpc) is 2.79. The van der Waals surface area contributed by atoms with Crippen molar-refractivity contribution in [2.75, 3.05) is 40.0 Å². The molecule has 0 aromatic heterocycles. The van der Waals surface area contributed by atoms with Crippen LogP contribution in [0.1, 0.15) is 26.2 Å².